The minimum absolute atomic E-state index is 0.241. The summed E-state index contributed by atoms with van der Waals surface area (Å²) in [6.07, 6.45) is 2.22. The molecule has 0 amide bonds. The van der Waals surface area contributed by atoms with Gasteiger partial charge in [-0.25, -0.2) is 0 Å². The van der Waals surface area contributed by atoms with Gasteiger partial charge >= 0.3 is 0 Å². The highest BCUT2D eigenvalue weighted by Gasteiger charge is 2.12. The van der Waals surface area contributed by atoms with Crippen LogP contribution in [0.4, 0.5) is 0 Å². The van der Waals surface area contributed by atoms with Gasteiger partial charge in [0, 0.05) is 22.5 Å². The Morgan fingerprint density at radius 1 is 0.913 bits per heavy atom. The topological polar surface area (TPSA) is 12.9 Å². The predicted molar refractivity (Wildman–Crippen MR) is 101 cm³/mol. The van der Waals surface area contributed by atoms with E-state index in [1.165, 1.54) is 6.42 Å². The standard InChI is InChI=1S/C19H21N.C3H8/c1-15-12-17(11-10-16-8-6-5-7-9-16)13-18(20-15)14-19(2,3)4;1-3-2/h5-9,12-13H,14H2,1-4H3;3H2,1-2H3. The maximum absolute atomic E-state index is 4.61. The summed E-state index contributed by atoms with van der Waals surface area (Å²) < 4.78 is 0. The van der Waals surface area contributed by atoms with Gasteiger partial charge in [0.15, 0.2) is 0 Å². The summed E-state index contributed by atoms with van der Waals surface area (Å²) in [5.74, 6) is 6.44. The molecule has 1 aromatic carbocycles. The molecule has 1 heterocycles. The molecule has 0 spiro atoms. The Hall–Kier alpha value is -2.07. The molecule has 1 nitrogen and oxygen atoms in total. The van der Waals surface area contributed by atoms with Crippen molar-refractivity contribution in [2.45, 2.75) is 54.4 Å². The molecule has 0 bridgehead atoms. The predicted octanol–water partition coefficient (Wildman–Crippen LogP) is 5.79. The van der Waals surface area contributed by atoms with Crippen molar-refractivity contribution in [2.75, 3.05) is 0 Å². The van der Waals surface area contributed by atoms with Crippen molar-refractivity contribution in [3.63, 3.8) is 0 Å². The highest BCUT2D eigenvalue weighted by atomic mass is 14.7. The fourth-order valence-corrected chi connectivity index (χ4v) is 2.11. The van der Waals surface area contributed by atoms with Gasteiger partial charge in [-0.3, -0.25) is 4.98 Å². The number of pyridine rings is 1. The lowest BCUT2D eigenvalue weighted by Crippen LogP contribution is -2.11. The SMILES string of the molecule is CCC.Cc1cc(C#Cc2ccccc2)cc(CC(C)(C)C)n1. The number of aryl methyl sites for hydroxylation is 1. The van der Waals surface area contributed by atoms with Crippen LogP contribution < -0.4 is 0 Å². The average Bonchev–Trinajstić information content (AvgIpc) is 2.45. The van der Waals surface area contributed by atoms with Crippen LogP contribution in [0.2, 0.25) is 0 Å². The summed E-state index contributed by atoms with van der Waals surface area (Å²) in [5, 5.41) is 0. The van der Waals surface area contributed by atoms with E-state index < -0.39 is 0 Å². The lowest BCUT2D eigenvalue weighted by Gasteiger charge is -2.17. The second-order valence-corrected chi connectivity index (χ2v) is 7.05. The van der Waals surface area contributed by atoms with Crippen LogP contribution in [0.5, 0.6) is 0 Å². The first kappa shape index (κ1) is 19.0. The Morgan fingerprint density at radius 3 is 2.04 bits per heavy atom. The van der Waals surface area contributed by atoms with Gasteiger partial charge in [-0.2, -0.15) is 0 Å². The number of hydrogen-bond acceptors (Lipinski definition) is 1. The number of hydrogen-bond donors (Lipinski definition) is 0. The molecule has 0 unspecified atom stereocenters. The molecule has 0 aliphatic heterocycles. The molecule has 0 radical (unpaired) electrons. The highest BCUT2D eigenvalue weighted by Crippen LogP contribution is 2.20. The first-order chi connectivity index (χ1) is 10.8. The second kappa shape index (κ2) is 9.16. The van der Waals surface area contributed by atoms with Crippen LogP contribution in [-0.4, -0.2) is 4.98 Å². The number of aromatic nitrogens is 1. The molecule has 23 heavy (non-hydrogen) atoms. The second-order valence-electron chi connectivity index (χ2n) is 7.05. The van der Waals surface area contributed by atoms with E-state index in [0.29, 0.717) is 0 Å². The summed E-state index contributed by atoms with van der Waals surface area (Å²) in [6, 6.07) is 14.2. The van der Waals surface area contributed by atoms with E-state index >= 15 is 0 Å². The Balaban J connectivity index is 0.000000816. The molecule has 0 fully saturated rings. The molecule has 0 aliphatic rings. The van der Waals surface area contributed by atoms with E-state index in [1.54, 1.807) is 0 Å². The zero-order chi connectivity index (χ0) is 17.3. The van der Waals surface area contributed by atoms with E-state index in [2.05, 4.69) is 57.5 Å². The molecular weight excluding hydrogens is 278 g/mol. The van der Waals surface area contributed by atoms with Crippen molar-refractivity contribution in [2.24, 2.45) is 5.41 Å². The molecule has 0 N–H and O–H groups in total. The third-order valence-electron chi connectivity index (χ3n) is 2.84. The third-order valence-corrected chi connectivity index (χ3v) is 2.84. The third kappa shape index (κ3) is 8.21. The van der Waals surface area contributed by atoms with Crippen LogP contribution >= 0.6 is 0 Å². The molecule has 0 aliphatic carbocycles. The molecule has 1 heteroatoms. The normalized spacial score (nSPS) is 10.2. The molecule has 2 rings (SSSR count). The number of nitrogens with zero attached hydrogens (tertiary/aromatic N) is 1. The van der Waals surface area contributed by atoms with Crippen molar-refractivity contribution in [1.82, 2.24) is 4.98 Å². The fourth-order valence-electron chi connectivity index (χ4n) is 2.11. The van der Waals surface area contributed by atoms with E-state index in [0.717, 1.165) is 28.9 Å². The lowest BCUT2D eigenvalue weighted by molar-refractivity contribution is 0.406. The zero-order valence-corrected chi connectivity index (χ0v) is 15.4. The van der Waals surface area contributed by atoms with E-state index in [-0.39, 0.29) is 5.41 Å². The minimum Gasteiger partial charge on any atom is -0.258 e. The summed E-state index contributed by atoms with van der Waals surface area (Å²) in [4.78, 5) is 4.61. The van der Waals surface area contributed by atoms with Crippen LogP contribution in [0.1, 0.15) is 63.6 Å². The van der Waals surface area contributed by atoms with Gasteiger partial charge in [-0.1, -0.05) is 71.1 Å². The monoisotopic (exact) mass is 307 g/mol. The van der Waals surface area contributed by atoms with Gasteiger partial charge in [0.2, 0.25) is 0 Å². The maximum atomic E-state index is 4.61. The minimum atomic E-state index is 0.241. The molecule has 0 atom stereocenters. The summed E-state index contributed by atoms with van der Waals surface area (Å²) in [6.45, 7) is 13.0. The molecule has 0 saturated carbocycles. The Bertz CT molecular complexity index is 652. The van der Waals surface area contributed by atoms with Crippen LogP contribution in [0.25, 0.3) is 0 Å². The average molecular weight is 307 g/mol. The van der Waals surface area contributed by atoms with Gasteiger partial charge in [-0.05, 0) is 43.0 Å². The highest BCUT2D eigenvalue weighted by molar-refractivity contribution is 5.43. The van der Waals surface area contributed by atoms with Gasteiger partial charge < -0.3 is 0 Å². The van der Waals surface area contributed by atoms with Gasteiger partial charge in [0.05, 0.1) is 0 Å². The Morgan fingerprint density at radius 2 is 1.48 bits per heavy atom. The van der Waals surface area contributed by atoms with Crippen LogP contribution in [0.15, 0.2) is 42.5 Å². The van der Waals surface area contributed by atoms with Crippen LogP contribution in [0.3, 0.4) is 0 Å². The van der Waals surface area contributed by atoms with Gasteiger partial charge in [-0.15, -0.1) is 0 Å². The van der Waals surface area contributed by atoms with Gasteiger partial charge in [0.1, 0.15) is 0 Å². The summed E-state index contributed by atoms with van der Waals surface area (Å²) >= 11 is 0. The van der Waals surface area contributed by atoms with Crippen molar-refractivity contribution in [1.29, 1.82) is 0 Å². The van der Waals surface area contributed by atoms with E-state index in [1.807, 2.05) is 43.3 Å². The van der Waals surface area contributed by atoms with Crippen molar-refractivity contribution in [3.8, 4) is 11.8 Å². The largest absolute Gasteiger partial charge is 0.258 e. The lowest BCUT2D eigenvalue weighted by atomic mass is 9.90. The van der Waals surface area contributed by atoms with Gasteiger partial charge in [0.25, 0.3) is 0 Å². The molecule has 1 aromatic heterocycles. The maximum Gasteiger partial charge on any atom is 0.0424 e. The first-order valence-corrected chi connectivity index (χ1v) is 8.38. The van der Waals surface area contributed by atoms with Crippen LogP contribution in [0, 0.1) is 24.2 Å². The fraction of sp³-hybridized carbons (Fsp3) is 0.409. The number of benzene rings is 1. The zero-order valence-electron chi connectivity index (χ0n) is 15.4. The molecule has 122 valence electrons. The van der Waals surface area contributed by atoms with E-state index in [4.69, 9.17) is 0 Å². The van der Waals surface area contributed by atoms with Crippen molar-refractivity contribution in [3.05, 3.63) is 65.0 Å². The van der Waals surface area contributed by atoms with Crippen LogP contribution in [-0.2, 0) is 6.42 Å². The van der Waals surface area contributed by atoms with Crippen molar-refractivity contribution >= 4 is 0 Å². The Labute approximate surface area is 142 Å². The van der Waals surface area contributed by atoms with Crippen molar-refractivity contribution < 1.29 is 0 Å². The summed E-state index contributed by atoms with van der Waals surface area (Å²) in [7, 11) is 0. The van der Waals surface area contributed by atoms with E-state index in [9.17, 15) is 0 Å². The smallest absolute Gasteiger partial charge is 0.0424 e. The quantitative estimate of drug-likeness (QED) is 0.607. The first-order valence-electron chi connectivity index (χ1n) is 8.38. The molecular formula is C22H29N. The molecule has 2 aromatic rings. The number of rotatable bonds is 1. The summed E-state index contributed by atoms with van der Waals surface area (Å²) in [5.41, 5.74) is 4.48. The Kier molecular flexibility index (Phi) is 7.55. The molecule has 0 saturated heterocycles.